The molecule has 0 spiro atoms. The molecule has 7 heteroatoms. The first-order valence-electron chi connectivity index (χ1n) is 9.27. The number of hydrogen-bond acceptors (Lipinski definition) is 4. The van der Waals surface area contributed by atoms with Crippen LogP contribution in [-0.4, -0.2) is 16.1 Å². The highest BCUT2D eigenvalue weighted by Crippen LogP contribution is 2.26. The number of carbonyl (C=O) groups excluding carboxylic acids is 1. The zero-order valence-corrected chi connectivity index (χ0v) is 16.5. The molecule has 1 aromatic heterocycles. The number of hydrogen-bond donors (Lipinski definition) is 1. The third-order valence-corrected chi connectivity index (χ3v) is 4.89. The molecule has 1 unspecified atom stereocenters. The molecule has 0 aliphatic rings. The molecule has 0 saturated heterocycles. The van der Waals surface area contributed by atoms with Gasteiger partial charge in [0.05, 0.1) is 6.42 Å². The third-order valence-electron chi connectivity index (χ3n) is 4.53. The maximum absolute atomic E-state index is 13.4. The Morgan fingerprint density at radius 3 is 2.40 bits per heavy atom. The van der Waals surface area contributed by atoms with Crippen molar-refractivity contribution in [1.29, 1.82) is 0 Å². The molecule has 0 aliphatic heterocycles. The highest BCUT2D eigenvalue weighted by molar-refractivity contribution is 6.31. The molecule has 0 radical (unpaired) electrons. The average molecular weight is 422 g/mol. The molecule has 4 rings (SSSR count). The number of rotatable bonds is 6. The minimum atomic E-state index is -0.731. The van der Waals surface area contributed by atoms with Crippen LogP contribution in [0.1, 0.15) is 23.1 Å². The Kier molecular flexibility index (Phi) is 5.86. The number of halogens is 2. The van der Waals surface area contributed by atoms with E-state index in [1.807, 2.05) is 36.4 Å². The Morgan fingerprint density at radius 2 is 1.67 bits per heavy atom. The monoisotopic (exact) mass is 421 g/mol. The summed E-state index contributed by atoms with van der Waals surface area (Å²) in [5, 5.41) is 11.6. The van der Waals surface area contributed by atoms with Crippen molar-refractivity contribution in [3.8, 4) is 11.5 Å². The Morgan fingerprint density at radius 1 is 0.967 bits per heavy atom. The van der Waals surface area contributed by atoms with Crippen LogP contribution in [-0.2, 0) is 11.2 Å². The van der Waals surface area contributed by atoms with Crippen LogP contribution in [0.25, 0.3) is 11.5 Å². The van der Waals surface area contributed by atoms with Crippen LogP contribution < -0.4 is 5.32 Å². The fourth-order valence-electron chi connectivity index (χ4n) is 3.02. The van der Waals surface area contributed by atoms with Crippen LogP contribution in [0.5, 0.6) is 0 Å². The second-order valence-electron chi connectivity index (χ2n) is 6.63. The van der Waals surface area contributed by atoms with Crippen LogP contribution in [0.4, 0.5) is 4.39 Å². The lowest BCUT2D eigenvalue weighted by Crippen LogP contribution is -2.31. The fraction of sp³-hybridized carbons (Fsp3) is 0.0870. The van der Waals surface area contributed by atoms with Crippen LogP contribution in [0.3, 0.4) is 0 Å². The first kappa shape index (κ1) is 19.8. The minimum absolute atomic E-state index is 0.0804. The summed E-state index contributed by atoms with van der Waals surface area (Å²) in [6, 6.07) is 21.5. The van der Waals surface area contributed by atoms with Crippen molar-refractivity contribution in [2.24, 2.45) is 0 Å². The normalized spacial score (nSPS) is 11.8. The highest BCUT2D eigenvalue weighted by atomic mass is 35.5. The Balaban J connectivity index is 1.62. The quantitative estimate of drug-likeness (QED) is 0.477. The predicted octanol–water partition coefficient (Wildman–Crippen LogP) is 4.98. The zero-order chi connectivity index (χ0) is 20.9. The maximum atomic E-state index is 13.4. The van der Waals surface area contributed by atoms with E-state index >= 15 is 0 Å². The fourth-order valence-corrected chi connectivity index (χ4v) is 3.22. The van der Waals surface area contributed by atoms with E-state index in [9.17, 15) is 9.18 Å². The van der Waals surface area contributed by atoms with Gasteiger partial charge in [-0.05, 0) is 41.5 Å². The second kappa shape index (κ2) is 8.88. The van der Waals surface area contributed by atoms with Gasteiger partial charge in [-0.2, -0.15) is 0 Å². The molecule has 4 aromatic rings. The number of benzene rings is 3. The molecule has 0 fully saturated rings. The Labute approximate surface area is 177 Å². The minimum Gasteiger partial charge on any atom is -0.418 e. The van der Waals surface area contributed by atoms with Crippen molar-refractivity contribution < 1.29 is 13.6 Å². The van der Waals surface area contributed by atoms with E-state index in [0.29, 0.717) is 22.0 Å². The summed E-state index contributed by atoms with van der Waals surface area (Å²) < 4.78 is 19.3. The van der Waals surface area contributed by atoms with Gasteiger partial charge in [0.15, 0.2) is 0 Å². The van der Waals surface area contributed by atoms with E-state index in [1.54, 1.807) is 30.3 Å². The van der Waals surface area contributed by atoms with Crippen molar-refractivity contribution in [2.45, 2.75) is 12.5 Å². The highest BCUT2D eigenvalue weighted by Gasteiger charge is 2.24. The van der Waals surface area contributed by atoms with Gasteiger partial charge in [0.2, 0.25) is 17.7 Å². The predicted molar refractivity (Wildman–Crippen MR) is 111 cm³/mol. The zero-order valence-electron chi connectivity index (χ0n) is 15.8. The van der Waals surface area contributed by atoms with Crippen LogP contribution in [0.15, 0.2) is 83.3 Å². The summed E-state index contributed by atoms with van der Waals surface area (Å²) in [4.78, 5) is 12.7. The smallest absolute Gasteiger partial charge is 0.247 e. The van der Waals surface area contributed by atoms with Gasteiger partial charge in [-0.1, -0.05) is 60.1 Å². The van der Waals surface area contributed by atoms with Crippen LogP contribution in [0.2, 0.25) is 5.02 Å². The number of amides is 1. The maximum Gasteiger partial charge on any atom is 0.247 e. The van der Waals surface area contributed by atoms with Gasteiger partial charge in [-0.3, -0.25) is 4.79 Å². The Hall–Kier alpha value is -3.51. The number of aromatic nitrogens is 2. The van der Waals surface area contributed by atoms with Crippen molar-refractivity contribution >= 4 is 17.5 Å². The molecular formula is C23H17ClFN3O2. The van der Waals surface area contributed by atoms with Crippen molar-refractivity contribution in [3.63, 3.8) is 0 Å². The molecule has 5 nitrogen and oxygen atoms in total. The molecular weight excluding hydrogens is 405 g/mol. The lowest BCUT2D eigenvalue weighted by atomic mass is 10.1. The molecule has 150 valence electrons. The summed E-state index contributed by atoms with van der Waals surface area (Å²) in [6.45, 7) is 0. The average Bonchev–Trinajstić information content (AvgIpc) is 3.25. The molecule has 0 saturated carbocycles. The molecule has 0 bridgehead atoms. The van der Waals surface area contributed by atoms with E-state index in [1.165, 1.54) is 12.1 Å². The standard InChI is InChI=1S/C23H17ClFN3O2/c24-19-9-5-4-8-17(19)14-20(29)26-21(15-10-12-18(25)13-11-15)23-28-27-22(30-23)16-6-2-1-3-7-16/h1-13,21H,14H2,(H,26,29). The first-order valence-corrected chi connectivity index (χ1v) is 9.65. The molecule has 3 aromatic carbocycles. The van der Waals surface area contributed by atoms with E-state index < -0.39 is 6.04 Å². The van der Waals surface area contributed by atoms with Gasteiger partial charge in [0.1, 0.15) is 11.9 Å². The van der Waals surface area contributed by atoms with Gasteiger partial charge in [0.25, 0.3) is 0 Å². The molecule has 0 aliphatic carbocycles. The SMILES string of the molecule is O=C(Cc1ccccc1Cl)NC(c1ccc(F)cc1)c1nnc(-c2ccccc2)o1. The second-order valence-corrected chi connectivity index (χ2v) is 7.04. The van der Waals surface area contributed by atoms with Gasteiger partial charge < -0.3 is 9.73 Å². The summed E-state index contributed by atoms with van der Waals surface area (Å²) >= 11 is 6.16. The molecule has 1 atom stereocenters. The van der Waals surface area contributed by atoms with E-state index in [4.69, 9.17) is 16.0 Å². The van der Waals surface area contributed by atoms with Crippen LogP contribution in [0, 0.1) is 5.82 Å². The van der Waals surface area contributed by atoms with Gasteiger partial charge >= 0.3 is 0 Å². The largest absolute Gasteiger partial charge is 0.418 e. The lowest BCUT2D eigenvalue weighted by Gasteiger charge is -2.16. The van der Waals surface area contributed by atoms with E-state index in [0.717, 1.165) is 5.56 Å². The van der Waals surface area contributed by atoms with Gasteiger partial charge in [0, 0.05) is 10.6 Å². The first-order chi connectivity index (χ1) is 14.6. The van der Waals surface area contributed by atoms with Gasteiger partial charge in [-0.15, -0.1) is 10.2 Å². The van der Waals surface area contributed by atoms with Crippen molar-refractivity contribution in [1.82, 2.24) is 15.5 Å². The van der Waals surface area contributed by atoms with E-state index in [-0.39, 0.29) is 24.0 Å². The van der Waals surface area contributed by atoms with Crippen molar-refractivity contribution in [2.75, 3.05) is 0 Å². The van der Waals surface area contributed by atoms with Crippen LogP contribution >= 0.6 is 11.6 Å². The summed E-state index contributed by atoms with van der Waals surface area (Å²) in [5.74, 6) is -0.127. The number of nitrogens with zero attached hydrogens (tertiary/aromatic N) is 2. The van der Waals surface area contributed by atoms with E-state index in [2.05, 4.69) is 15.5 Å². The topological polar surface area (TPSA) is 68.0 Å². The summed E-state index contributed by atoms with van der Waals surface area (Å²) in [7, 11) is 0. The lowest BCUT2D eigenvalue weighted by molar-refractivity contribution is -0.121. The summed E-state index contributed by atoms with van der Waals surface area (Å²) in [6.07, 6.45) is 0.0804. The molecule has 1 amide bonds. The molecule has 30 heavy (non-hydrogen) atoms. The molecule has 1 N–H and O–H groups in total. The molecule has 1 heterocycles. The van der Waals surface area contributed by atoms with Gasteiger partial charge in [-0.25, -0.2) is 4.39 Å². The number of carbonyl (C=O) groups is 1. The third kappa shape index (κ3) is 4.55. The summed E-state index contributed by atoms with van der Waals surface area (Å²) in [5.41, 5.74) is 2.08. The Bertz CT molecular complexity index is 1150. The number of nitrogens with one attached hydrogen (secondary N) is 1. The van der Waals surface area contributed by atoms with Crippen molar-refractivity contribution in [3.05, 3.63) is 107 Å².